The molecule has 0 radical (unpaired) electrons. The summed E-state index contributed by atoms with van der Waals surface area (Å²) in [7, 11) is 1.74. The third-order valence-electron chi connectivity index (χ3n) is 5.03. The van der Waals surface area contributed by atoms with Gasteiger partial charge in [-0.25, -0.2) is 4.79 Å². The summed E-state index contributed by atoms with van der Waals surface area (Å²) < 4.78 is 6.93. The summed E-state index contributed by atoms with van der Waals surface area (Å²) >= 11 is 3.46. The molecule has 0 saturated carbocycles. The Bertz CT molecular complexity index is 1000. The summed E-state index contributed by atoms with van der Waals surface area (Å²) in [5.74, 6) is 0. The van der Waals surface area contributed by atoms with Crippen molar-refractivity contribution >= 4 is 39.1 Å². The molecule has 0 spiro atoms. The minimum Gasteiger partial charge on any atom is -0.438 e. The van der Waals surface area contributed by atoms with Gasteiger partial charge in [-0.15, -0.1) is 0 Å². The number of rotatable bonds is 4. The molecule has 0 saturated heterocycles. The number of nitrogens with one attached hydrogen (secondary N) is 1. The normalized spacial score (nSPS) is 18.4. The molecule has 3 aromatic rings. The first-order valence-corrected chi connectivity index (χ1v) is 9.92. The predicted octanol–water partition coefficient (Wildman–Crippen LogP) is 6.24. The van der Waals surface area contributed by atoms with Crippen molar-refractivity contribution in [3.63, 3.8) is 0 Å². The van der Waals surface area contributed by atoms with Crippen LogP contribution in [0.25, 0.3) is 0 Å². The molecule has 1 unspecified atom stereocenters. The molecule has 0 bridgehead atoms. The van der Waals surface area contributed by atoms with E-state index in [2.05, 4.69) is 39.4 Å². The minimum atomic E-state index is -0.738. The van der Waals surface area contributed by atoms with Gasteiger partial charge in [0.2, 0.25) is 0 Å². The summed E-state index contributed by atoms with van der Waals surface area (Å²) in [6, 6.07) is 24.2. The Kier molecular flexibility index (Phi) is 4.85. The van der Waals surface area contributed by atoms with E-state index in [4.69, 9.17) is 4.74 Å². The van der Waals surface area contributed by atoms with Crippen molar-refractivity contribution in [2.75, 3.05) is 17.3 Å². The Labute approximate surface area is 173 Å². The number of hydrogen-bond donors (Lipinski definition) is 1. The SMILES string of the molecule is CN1C(=O)OC(C)(Cc2ccccc2)c2cc(Nc3ccc(Br)cc3)ccc21. The van der Waals surface area contributed by atoms with Crippen LogP contribution in [0, 0.1) is 0 Å². The van der Waals surface area contributed by atoms with Crippen molar-refractivity contribution in [3.8, 4) is 0 Å². The summed E-state index contributed by atoms with van der Waals surface area (Å²) in [4.78, 5) is 14.0. The number of benzene rings is 3. The molecule has 1 heterocycles. The van der Waals surface area contributed by atoms with E-state index in [-0.39, 0.29) is 6.09 Å². The zero-order chi connectivity index (χ0) is 19.7. The molecular weight excluding hydrogens is 416 g/mol. The molecule has 0 fully saturated rings. The molecular formula is C23H21BrN2O2. The second-order valence-electron chi connectivity index (χ2n) is 7.18. The lowest BCUT2D eigenvalue weighted by molar-refractivity contribution is 0.0215. The molecule has 0 aliphatic carbocycles. The van der Waals surface area contributed by atoms with Crippen LogP contribution in [-0.4, -0.2) is 13.1 Å². The van der Waals surface area contributed by atoms with Crippen LogP contribution in [0.4, 0.5) is 21.9 Å². The molecule has 1 amide bonds. The van der Waals surface area contributed by atoms with E-state index in [1.807, 2.05) is 61.5 Å². The molecule has 3 aromatic carbocycles. The fourth-order valence-corrected chi connectivity index (χ4v) is 3.83. The molecule has 1 atom stereocenters. The van der Waals surface area contributed by atoms with Crippen LogP contribution in [0.1, 0.15) is 18.1 Å². The van der Waals surface area contributed by atoms with Gasteiger partial charge in [-0.2, -0.15) is 0 Å². The number of anilines is 3. The van der Waals surface area contributed by atoms with E-state index < -0.39 is 5.60 Å². The monoisotopic (exact) mass is 436 g/mol. The van der Waals surface area contributed by atoms with Crippen molar-refractivity contribution in [3.05, 3.63) is 88.4 Å². The summed E-state index contributed by atoms with van der Waals surface area (Å²) in [6.45, 7) is 1.98. The van der Waals surface area contributed by atoms with E-state index in [1.54, 1.807) is 11.9 Å². The van der Waals surface area contributed by atoms with E-state index in [0.29, 0.717) is 6.42 Å². The molecule has 1 aliphatic heterocycles. The highest BCUT2D eigenvalue weighted by Crippen LogP contribution is 2.42. The predicted molar refractivity (Wildman–Crippen MR) is 116 cm³/mol. The third-order valence-corrected chi connectivity index (χ3v) is 5.56. The van der Waals surface area contributed by atoms with Crippen LogP contribution >= 0.6 is 15.9 Å². The summed E-state index contributed by atoms with van der Waals surface area (Å²) in [5.41, 5.74) is 4.19. The Hall–Kier alpha value is -2.79. The smallest absolute Gasteiger partial charge is 0.414 e. The van der Waals surface area contributed by atoms with Gasteiger partial charge in [0.25, 0.3) is 0 Å². The Morgan fingerprint density at radius 2 is 1.68 bits per heavy atom. The van der Waals surface area contributed by atoms with Crippen molar-refractivity contribution in [1.29, 1.82) is 0 Å². The van der Waals surface area contributed by atoms with E-state index >= 15 is 0 Å². The van der Waals surface area contributed by atoms with Crippen molar-refractivity contribution in [2.45, 2.75) is 18.9 Å². The molecule has 5 heteroatoms. The Balaban J connectivity index is 1.72. The fourth-order valence-electron chi connectivity index (χ4n) is 3.56. The number of hydrogen-bond acceptors (Lipinski definition) is 3. The highest BCUT2D eigenvalue weighted by atomic mass is 79.9. The first-order valence-electron chi connectivity index (χ1n) is 9.12. The second kappa shape index (κ2) is 7.32. The van der Waals surface area contributed by atoms with Gasteiger partial charge in [-0.3, -0.25) is 4.90 Å². The lowest BCUT2D eigenvalue weighted by Gasteiger charge is -2.39. The molecule has 4 rings (SSSR count). The summed E-state index contributed by atoms with van der Waals surface area (Å²) in [6.07, 6.45) is 0.280. The highest BCUT2D eigenvalue weighted by Gasteiger charge is 2.40. The molecule has 4 nitrogen and oxygen atoms in total. The van der Waals surface area contributed by atoms with Gasteiger partial charge in [0.05, 0.1) is 5.69 Å². The second-order valence-corrected chi connectivity index (χ2v) is 8.10. The van der Waals surface area contributed by atoms with Crippen LogP contribution in [0.3, 0.4) is 0 Å². The van der Waals surface area contributed by atoms with Crippen LogP contribution in [0.5, 0.6) is 0 Å². The first-order chi connectivity index (χ1) is 13.4. The van der Waals surface area contributed by atoms with Crippen LogP contribution in [0.15, 0.2) is 77.3 Å². The van der Waals surface area contributed by atoms with Gasteiger partial charge in [0.1, 0.15) is 5.60 Å². The molecule has 0 aromatic heterocycles. The number of cyclic esters (lactones) is 1. The lowest BCUT2D eigenvalue weighted by Crippen LogP contribution is -2.44. The fraction of sp³-hybridized carbons (Fsp3) is 0.174. The number of halogens is 1. The van der Waals surface area contributed by atoms with Gasteiger partial charge in [0, 0.05) is 34.9 Å². The van der Waals surface area contributed by atoms with E-state index in [0.717, 1.165) is 32.7 Å². The number of carbonyl (C=O) groups excluding carboxylic acids is 1. The number of carbonyl (C=O) groups is 1. The molecule has 1 N–H and O–H groups in total. The molecule has 142 valence electrons. The van der Waals surface area contributed by atoms with E-state index in [9.17, 15) is 4.79 Å². The maximum Gasteiger partial charge on any atom is 0.414 e. The molecule has 28 heavy (non-hydrogen) atoms. The maximum atomic E-state index is 12.5. The van der Waals surface area contributed by atoms with E-state index in [1.165, 1.54) is 0 Å². The quantitative estimate of drug-likeness (QED) is 0.526. The van der Waals surface area contributed by atoms with Crippen LogP contribution < -0.4 is 10.2 Å². The highest BCUT2D eigenvalue weighted by molar-refractivity contribution is 9.10. The summed E-state index contributed by atoms with van der Waals surface area (Å²) in [5, 5.41) is 3.43. The number of amides is 1. The maximum absolute atomic E-state index is 12.5. The molecule has 1 aliphatic rings. The first kappa shape index (κ1) is 18.6. The third kappa shape index (κ3) is 3.62. The van der Waals surface area contributed by atoms with Gasteiger partial charge < -0.3 is 10.1 Å². The Morgan fingerprint density at radius 3 is 2.39 bits per heavy atom. The van der Waals surface area contributed by atoms with Crippen LogP contribution in [0.2, 0.25) is 0 Å². The van der Waals surface area contributed by atoms with Gasteiger partial charge in [0.15, 0.2) is 0 Å². The largest absolute Gasteiger partial charge is 0.438 e. The Morgan fingerprint density at radius 1 is 1.00 bits per heavy atom. The van der Waals surface area contributed by atoms with Gasteiger partial charge in [-0.1, -0.05) is 46.3 Å². The minimum absolute atomic E-state index is 0.334. The van der Waals surface area contributed by atoms with Crippen molar-refractivity contribution in [1.82, 2.24) is 0 Å². The number of nitrogens with zero attached hydrogens (tertiary/aromatic N) is 1. The van der Waals surface area contributed by atoms with Gasteiger partial charge in [-0.05, 0) is 55.0 Å². The topological polar surface area (TPSA) is 41.6 Å². The average molecular weight is 437 g/mol. The van der Waals surface area contributed by atoms with Crippen molar-refractivity contribution in [2.24, 2.45) is 0 Å². The zero-order valence-corrected chi connectivity index (χ0v) is 17.4. The number of ether oxygens (including phenoxy) is 1. The average Bonchev–Trinajstić information content (AvgIpc) is 2.69. The zero-order valence-electron chi connectivity index (χ0n) is 15.8. The van der Waals surface area contributed by atoms with Gasteiger partial charge >= 0.3 is 6.09 Å². The van der Waals surface area contributed by atoms with Crippen molar-refractivity contribution < 1.29 is 9.53 Å². The van der Waals surface area contributed by atoms with Crippen LogP contribution in [-0.2, 0) is 16.8 Å². The lowest BCUT2D eigenvalue weighted by atomic mass is 9.86. The number of fused-ring (bicyclic) bond motifs is 1. The standard InChI is InChI=1S/C23H21BrN2O2/c1-23(15-16-6-4-3-5-7-16)20-14-19(25-18-10-8-17(24)9-11-18)12-13-21(20)26(2)22(27)28-23/h3-14,25H,15H2,1-2H3.